The zero-order valence-corrected chi connectivity index (χ0v) is 10.7. The maximum atomic E-state index is 11.7. The molecule has 1 atom stereocenters. The minimum absolute atomic E-state index is 0.413. The molecule has 0 spiro atoms. The Balaban J connectivity index is 2.23. The number of ether oxygens (including phenoxy) is 1. The number of rotatable bonds is 2. The maximum absolute atomic E-state index is 11.7. The molecule has 1 aromatic rings. The molecule has 92 valence electrons. The summed E-state index contributed by atoms with van der Waals surface area (Å²) in [6.07, 6.45) is 4.85. The molecular weight excluding hydrogens is 212 g/mol. The topological polar surface area (TPSA) is 26.3 Å². The minimum atomic E-state index is 0.413. The van der Waals surface area contributed by atoms with Crippen molar-refractivity contribution in [2.75, 3.05) is 7.11 Å². The summed E-state index contributed by atoms with van der Waals surface area (Å²) < 4.78 is 5.22. The lowest BCUT2D eigenvalue weighted by molar-refractivity contribution is -0.119. The number of hydrogen-bond donors (Lipinski definition) is 0. The normalized spacial score (nSPS) is 21.1. The van der Waals surface area contributed by atoms with Crippen molar-refractivity contribution in [1.29, 1.82) is 0 Å². The molecule has 0 amide bonds. The molecule has 2 nitrogen and oxygen atoms in total. The van der Waals surface area contributed by atoms with E-state index in [1.165, 1.54) is 17.5 Å². The van der Waals surface area contributed by atoms with Crippen molar-refractivity contribution >= 4 is 5.78 Å². The second kappa shape index (κ2) is 5.35. The molecule has 0 aliphatic heterocycles. The summed E-state index contributed by atoms with van der Waals surface area (Å²) in [4.78, 5) is 11.7. The first kappa shape index (κ1) is 12.2. The van der Waals surface area contributed by atoms with Crippen molar-refractivity contribution in [2.24, 2.45) is 0 Å². The van der Waals surface area contributed by atoms with Gasteiger partial charge in [0, 0.05) is 12.8 Å². The van der Waals surface area contributed by atoms with E-state index in [2.05, 4.69) is 19.1 Å². The fraction of sp³-hybridized carbons (Fsp3) is 0.533. The summed E-state index contributed by atoms with van der Waals surface area (Å²) in [7, 11) is 1.68. The molecule has 0 N–H and O–H groups in total. The fourth-order valence-electron chi connectivity index (χ4n) is 2.69. The third kappa shape index (κ3) is 2.87. The zero-order valence-electron chi connectivity index (χ0n) is 10.7. The molecule has 0 saturated heterocycles. The highest BCUT2D eigenvalue weighted by atomic mass is 16.5. The van der Waals surface area contributed by atoms with Crippen LogP contribution in [0.2, 0.25) is 0 Å². The molecule has 2 heteroatoms. The van der Waals surface area contributed by atoms with Gasteiger partial charge in [0.15, 0.2) is 0 Å². The Bertz CT molecular complexity index is 409. The van der Waals surface area contributed by atoms with E-state index in [0.29, 0.717) is 18.1 Å². The van der Waals surface area contributed by atoms with Gasteiger partial charge in [0.05, 0.1) is 7.11 Å². The highest BCUT2D eigenvalue weighted by molar-refractivity contribution is 5.79. The number of carbonyl (C=O) groups is 1. The number of benzene rings is 1. The first-order valence-electron chi connectivity index (χ1n) is 6.37. The average Bonchev–Trinajstić information content (AvgIpc) is 2.53. The van der Waals surface area contributed by atoms with Crippen LogP contribution in [-0.2, 0) is 4.79 Å². The standard InChI is InChI=1S/C15H20O2/c1-11-9-14(17-2)7-8-15(11)12-5-3-4-6-13(16)10-12/h7-9,12H,3-6,10H2,1-2H3. The number of aryl methyl sites for hydroxylation is 1. The Morgan fingerprint density at radius 2 is 2.12 bits per heavy atom. The number of hydrogen-bond acceptors (Lipinski definition) is 2. The number of methoxy groups -OCH3 is 1. The predicted molar refractivity (Wildman–Crippen MR) is 68.6 cm³/mol. The van der Waals surface area contributed by atoms with E-state index >= 15 is 0 Å². The number of Topliss-reactive ketones (excluding diaryl/α,β-unsaturated/α-hetero) is 1. The van der Waals surface area contributed by atoms with E-state index in [0.717, 1.165) is 25.0 Å². The van der Waals surface area contributed by atoms with Crippen LogP contribution in [0.4, 0.5) is 0 Å². The van der Waals surface area contributed by atoms with Gasteiger partial charge in [-0.05, 0) is 48.9 Å². The molecule has 0 bridgehead atoms. The molecule has 1 aliphatic rings. The third-order valence-electron chi connectivity index (χ3n) is 3.65. The number of ketones is 1. The number of carbonyl (C=O) groups excluding carboxylic acids is 1. The van der Waals surface area contributed by atoms with Crippen LogP contribution >= 0.6 is 0 Å². The molecule has 0 radical (unpaired) electrons. The summed E-state index contributed by atoms with van der Waals surface area (Å²) in [5, 5.41) is 0. The Morgan fingerprint density at radius 3 is 2.82 bits per heavy atom. The quantitative estimate of drug-likeness (QED) is 0.728. The second-order valence-electron chi connectivity index (χ2n) is 4.91. The Labute approximate surface area is 103 Å². The maximum Gasteiger partial charge on any atom is 0.133 e. The van der Waals surface area contributed by atoms with E-state index in [-0.39, 0.29) is 0 Å². The molecule has 1 aromatic carbocycles. The fourth-order valence-corrected chi connectivity index (χ4v) is 2.69. The van der Waals surface area contributed by atoms with E-state index in [4.69, 9.17) is 4.74 Å². The Morgan fingerprint density at radius 1 is 1.29 bits per heavy atom. The van der Waals surface area contributed by atoms with Crippen molar-refractivity contribution in [1.82, 2.24) is 0 Å². The molecular formula is C15H20O2. The molecule has 1 saturated carbocycles. The lowest BCUT2D eigenvalue weighted by atomic mass is 9.88. The second-order valence-corrected chi connectivity index (χ2v) is 4.91. The average molecular weight is 232 g/mol. The van der Waals surface area contributed by atoms with Crippen molar-refractivity contribution in [3.05, 3.63) is 29.3 Å². The SMILES string of the molecule is COc1ccc(C2CCCCC(=O)C2)c(C)c1. The molecule has 1 unspecified atom stereocenters. The molecule has 1 fully saturated rings. The van der Waals surface area contributed by atoms with Crippen LogP contribution in [0.15, 0.2) is 18.2 Å². The largest absolute Gasteiger partial charge is 0.497 e. The first-order chi connectivity index (χ1) is 8.20. The lowest BCUT2D eigenvalue weighted by Crippen LogP contribution is -2.05. The van der Waals surface area contributed by atoms with Crippen LogP contribution < -0.4 is 4.74 Å². The van der Waals surface area contributed by atoms with E-state index in [9.17, 15) is 4.79 Å². The summed E-state index contributed by atoms with van der Waals surface area (Å²) >= 11 is 0. The van der Waals surface area contributed by atoms with Crippen LogP contribution in [0, 0.1) is 6.92 Å². The van der Waals surface area contributed by atoms with Crippen molar-refractivity contribution in [3.8, 4) is 5.75 Å². The third-order valence-corrected chi connectivity index (χ3v) is 3.65. The van der Waals surface area contributed by atoms with Gasteiger partial charge >= 0.3 is 0 Å². The summed E-state index contributed by atoms with van der Waals surface area (Å²) in [6, 6.07) is 6.18. The molecule has 0 heterocycles. The van der Waals surface area contributed by atoms with E-state index in [1.807, 2.05) is 6.07 Å². The van der Waals surface area contributed by atoms with Gasteiger partial charge in [-0.1, -0.05) is 12.5 Å². The Kier molecular flexibility index (Phi) is 3.82. The van der Waals surface area contributed by atoms with Gasteiger partial charge in [0.25, 0.3) is 0 Å². The summed E-state index contributed by atoms with van der Waals surface area (Å²) in [6.45, 7) is 2.10. The monoisotopic (exact) mass is 232 g/mol. The highest BCUT2D eigenvalue weighted by Crippen LogP contribution is 2.33. The Hall–Kier alpha value is -1.31. The van der Waals surface area contributed by atoms with Gasteiger partial charge in [-0.3, -0.25) is 4.79 Å². The highest BCUT2D eigenvalue weighted by Gasteiger charge is 2.20. The van der Waals surface area contributed by atoms with Gasteiger partial charge in [-0.15, -0.1) is 0 Å². The summed E-state index contributed by atoms with van der Waals surface area (Å²) in [5.74, 6) is 1.73. The molecule has 2 rings (SSSR count). The van der Waals surface area contributed by atoms with Gasteiger partial charge < -0.3 is 4.74 Å². The minimum Gasteiger partial charge on any atom is -0.497 e. The zero-order chi connectivity index (χ0) is 12.3. The van der Waals surface area contributed by atoms with Gasteiger partial charge in [0.2, 0.25) is 0 Å². The lowest BCUT2D eigenvalue weighted by Gasteiger charge is -2.17. The molecule has 17 heavy (non-hydrogen) atoms. The van der Waals surface area contributed by atoms with Crippen LogP contribution in [0.25, 0.3) is 0 Å². The molecule has 1 aliphatic carbocycles. The van der Waals surface area contributed by atoms with Crippen LogP contribution in [0.1, 0.15) is 49.1 Å². The van der Waals surface area contributed by atoms with Gasteiger partial charge in [-0.2, -0.15) is 0 Å². The smallest absolute Gasteiger partial charge is 0.133 e. The van der Waals surface area contributed by atoms with E-state index in [1.54, 1.807) is 7.11 Å². The summed E-state index contributed by atoms with van der Waals surface area (Å²) in [5.41, 5.74) is 2.56. The van der Waals surface area contributed by atoms with Crippen molar-refractivity contribution < 1.29 is 9.53 Å². The van der Waals surface area contributed by atoms with Crippen molar-refractivity contribution in [2.45, 2.75) is 44.9 Å². The van der Waals surface area contributed by atoms with Crippen LogP contribution in [-0.4, -0.2) is 12.9 Å². The van der Waals surface area contributed by atoms with E-state index < -0.39 is 0 Å². The van der Waals surface area contributed by atoms with Gasteiger partial charge in [-0.25, -0.2) is 0 Å². The van der Waals surface area contributed by atoms with Crippen LogP contribution in [0.5, 0.6) is 5.75 Å². The van der Waals surface area contributed by atoms with Gasteiger partial charge in [0.1, 0.15) is 11.5 Å². The van der Waals surface area contributed by atoms with Crippen molar-refractivity contribution in [3.63, 3.8) is 0 Å². The predicted octanol–water partition coefficient (Wildman–Crippen LogP) is 3.62. The van der Waals surface area contributed by atoms with Crippen LogP contribution in [0.3, 0.4) is 0 Å². The first-order valence-corrected chi connectivity index (χ1v) is 6.37. The molecule has 0 aromatic heterocycles.